The van der Waals surface area contributed by atoms with Crippen molar-refractivity contribution >= 4 is 0 Å². The SMILES string of the molecule is CC(C)c1cc(-c2c[nH]c(=O)[nH]2)c(O)cc1O. The van der Waals surface area contributed by atoms with Gasteiger partial charge in [-0.25, -0.2) is 4.79 Å². The zero-order valence-electron chi connectivity index (χ0n) is 9.61. The van der Waals surface area contributed by atoms with Crippen LogP contribution in [0.25, 0.3) is 11.3 Å². The standard InChI is InChI=1S/C12H14N2O3/c1-6(2)7-3-8(11(16)4-10(7)15)9-5-13-12(17)14-9/h3-6,15-16H,1-2H3,(H2,13,14,17). The van der Waals surface area contributed by atoms with E-state index in [2.05, 4.69) is 9.97 Å². The molecule has 5 heteroatoms. The summed E-state index contributed by atoms with van der Waals surface area (Å²) in [7, 11) is 0. The van der Waals surface area contributed by atoms with Crippen LogP contribution in [0.3, 0.4) is 0 Å². The predicted molar refractivity (Wildman–Crippen MR) is 64.3 cm³/mol. The summed E-state index contributed by atoms with van der Waals surface area (Å²) in [6, 6.07) is 2.96. The van der Waals surface area contributed by atoms with Crippen molar-refractivity contribution in [1.82, 2.24) is 9.97 Å². The Bertz CT molecular complexity index is 596. The number of phenolic OH excluding ortho intramolecular Hbond substituents is 2. The van der Waals surface area contributed by atoms with E-state index >= 15 is 0 Å². The van der Waals surface area contributed by atoms with Crippen LogP contribution in [-0.4, -0.2) is 20.2 Å². The van der Waals surface area contributed by atoms with E-state index < -0.39 is 0 Å². The summed E-state index contributed by atoms with van der Waals surface area (Å²) in [6.45, 7) is 3.88. The second-order valence-electron chi connectivity index (χ2n) is 4.24. The highest BCUT2D eigenvalue weighted by Crippen LogP contribution is 2.36. The molecule has 0 aliphatic rings. The molecule has 0 unspecified atom stereocenters. The third-order valence-electron chi connectivity index (χ3n) is 2.65. The van der Waals surface area contributed by atoms with Crippen molar-refractivity contribution in [2.45, 2.75) is 19.8 Å². The summed E-state index contributed by atoms with van der Waals surface area (Å²) in [5, 5.41) is 19.5. The van der Waals surface area contributed by atoms with Crippen molar-refractivity contribution in [2.24, 2.45) is 0 Å². The monoisotopic (exact) mass is 234 g/mol. The van der Waals surface area contributed by atoms with E-state index in [1.54, 1.807) is 6.07 Å². The van der Waals surface area contributed by atoms with Gasteiger partial charge in [-0.1, -0.05) is 13.8 Å². The maximum Gasteiger partial charge on any atom is 0.323 e. The molecule has 0 spiro atoms. The Kier molecular flexibility index (Phi) is 2.67. The first-order valence-corrected chi connectivity index (χ1v) is 5.33. The van der Waals surface area contributed by atoms with Crippen molar-refractivity contribution in [1.29, 1.82) is 0 Å². The number of phenols is 2. The third kappa shape index (κ3) is 2.04. The number of nitrogens with one attached hydrogen (secondary N) is 2. The topological polar surface area (TPSA) is 89.1 Å². The Hall–Kier alpha value is -2.17. The molecule has 2 aromatic rings. The Morgan fingerprint density at radius 3 is 2.41 bits per heavy atom. The highest BCUT2D eigenvalue weighted by Gasteiger charge is 2.13. The highest BCUT2D eigenvalue weighted by molar-refractivity contribution is 5.69. The molecule has 17 heavy (non-hydrogen) atoms. The van der Waals surface area contributed by atoms with Gasteiger partial charge in [-0.05, 0) is 17.5 Å². The molecule has 4 N–H and O–H groups in total. The zero-order valence-corrected chi connectivity index (χ0v) is 9.61. The van der Waals surface area contributed by atoms with Gasteiger partial charge in [-0.2, -0.15) is 0 Å². The summed E-state index contributed by atoms with van der Waals surface area (Å²) in [4.78, 5) is 16.1. The summed E-state index contributed by atoms with van der Waals surface area (Å²) in [5.41, 5.74) is 1.37. The molecule has 5 nitrogen and oxygen atoms in total. The lowest BCUT2D eigenvalue weighted by molar-refractivity contribution is 0.445. The molecule has 90 valence electrons. The summed E-state index contributed by atoms with van der Waals surface area (Å²) >= 11 is 0. The van der Waals surface area contributed by atoms with Crippen LogP contribution >= 0.6 is 0 Å². The summed E-state index contributed by atoms with van der Waals surface area (Å²) < 4.78 is 0. The van der Waals surface area contributed by atoms with E-state index in [1.165, 1.54) is 12.3 Å². The number of benzene rings is 1. The molecule has 0 saturated heterocycles. The number of hydrogen-bond acceptors (Lipinski definition) is 3. The van der Waals surface area contributed by atoms with E-state index in [1.807, 2.05) is 13.8 Å². The second-order valence-corrected chi connectivity index (χ2v) is 4.24. The van der Waals surface area contributed by atoms with Gasteiger partial charge in [-0.3, -0.25) is 0 Å². The van der Waals surface area contributed by atoms with E-state index in [-0.39, 0.29) is 23.1 Å². The van der Waals surface area contributed by atoms with Crippen LogP contribution in [0.1, 0.15) is 25.3 Å². The minimum absolute atomic E-state index is 0.0548. The first-order valence-electron chi connectivity index (χ1n) is 5.33. The average Bonchev–Trinajstić information content (AvgIpc) is 2.64. The average molecular weight is 234 g/mol. The number of hydrogen-bond donors (Lipinski definition) is 4. The van der Waals surface area contributed by atoms with Crippen molar-refractivity contribution < 1.29 is 10.2 Å². The fourth-order valence-electron chi connectivity index (χ4n) is 1.75. The smallest absolute Gasteiger partial charge is 0.323 e. The van der Waals surface area contributed by atoms with Crippen LogP contribution in [0.4, 0.5) is 0 Å². The van der Waals surface area contributed by atoms with Gasteiger partial charge in [0.15, 0.2) is 0 Å². The van der Waals surface area contributed by atoms with E-state index in [4.69, 9.17) is 0 Å². The molecule has 0 saturated carbocycles. The van der Waals surface area contributed by atoms with Crippen molar-refractivity contribution in [3.63, 3.8) is 0 Å². The predicted octanol–water partition coefficient (Wildman–Crippen LogP) is 1.90. The molecule has 0 radical (unpaired) electrons. The van der Waals surface area contributed by atoms with E-state index in [9.17, 15) is 15.0 Å². The first kappa shape index (κ1) is 11.3. The van der Waals surface area contributed by atoms with Gasteiger partial charge < -0.3 is 20.2 Å². The van der Waals surface area contributed by atoms with Crippen LogP contribution in [0.5, 0.6) is 11.5 Å². The van der Waals surface area contributed by atoms with Crippen LogP contribution in [0.2, 0.25) is 0 Å². The van der Waals surface area contributed by atoms with Gasteiger partial charge in [0.25, 0.3) is 0 Å². The minimum Gasteiger partial charge on any atom is -0.508 e. The molecule has 0 amide bonds. The number of rotatable bonds is 2. The maximum atomic E-state index is 11.0. The largest absolute Gasteiger partial charge is 0.508 e. The Morgan fingerprint density at radius 1 is 1.18 bits per heavy atom. The maximum absolute atomic E-state index is 11.0. The number of aromatic hydroxyl groups is 2. The van der Waals surface area contributed by atoms with E-state index in [0.29, 0.717) is 11.3 Å². The molecule has 0 atom stereocenters. The number of imidazole rings is 1. The van der Waals surface area contributed by atoms with Gasteiger partial charge in [0.1, 0.15) is 11.5 Å². The molecule has 2 rings (SSSR count). The molecule has 1 aromatic carbocycles. The third-order valence-corrected chi connectivity index (χ3v) is 2.65. The number of aromatic amines is 2. The molecule has 1 heterocycles. The zero-order chi connectivity index (χ0) is 12.6. The molecule has 0 aliphatic heterocycles. The van der Waals surface area contributed by atoms with Crippen LogP contribution in [-0.2, 0) is 0 Å². The van der Waals surface area contributed by atoms with Gasteiger partial charge >= 0.3 is 5.69 Å². The molecular weight excluding hydrogens is 220 g/mol. The first-order chi connectivity index (χ1) is 7.99. The summed E-state index contributed by atoms with van der Waals surface area (Å²) in [5.74, 6) is 0.112. The second kappa shape index (κ2) is 4.01. The van der Waals surface area contributed by atoms with Crippen molar-refractivity contribution in [3.8, 4) is 22.8 Å². The van der Waals surface area contributed by atoms with Gasteiger partial charge in [0, 0.05) is 17.8 Å². The van der Waals surface area contributed by atoms with Gasteiger partial charge in [-0.15, -0.1) is 0 Å². The van der Waals surface area contributed by atoms with Gasteiger partial charge in [0.2, 0.25) is 0 Å². The van der Waals surface area contributed by atoms with E-state index in [0.717, 1.165) is 5.56 Å². The molecular formula is C12H14N2O3. The van der Waals surface area contributed by atoms with Crippen LogP contribution in [0.15, 0.2) is 23.1 Å². The molecule has 0 bridgehead atoms. The van der Waals surface area contributed by atoms with Crippen molar-refractivity contribution in [3.05, 3.63) is 34.4 Å². The highest BCUT2D eigenvalue weighted by atomic mass is 16.3. The van der Waals surface area contributed by atoms with Crippen LogP contribution in [0, 0.1) is 0 Å². The molecule has 0 fully saturated rings. The molecule has 0 aliphatic carbocycles. The quantitative estimate of drug-likeness (QED) is 0.639. The fraction of sp³-hybridized carbons (Fsp3) is 0.250. The lowest BCUT2D eigenvalue weighted by Gasteiger charge is -2.11. The Labute approximate surface area is 97.8 Å². The summed E-state index contributed by atoms with van der Waals surface area (Å²) in [6.07, 6.45) is 1.48. The van der Waals surface area contributed by atoms with Crippen LogP contribution < -0.4 is 5.69 Å². The lowest BCUT2D eigenvalue weighted by Crippen LogP contribution is -2.00. The minimum atomic E-state index is -0.335. The lowest BCUT2D eigenvalue weighted by atomic mass is 9.98. The van der Waals surface area contributed by atoms with Gasteiger partial charge in [0.05, 0.1) is 5.69 Å². The fourth-order valence-corrected chi connectivity index (χ4v) is 1.75. The van der Waals surface area contributed by atoms with Crippen molar-refractivity contribution in [2.75, 3.05) is 0 Å². The molecule has 1 aromatic heterocycles. The normalized spacial score (nSPS) is 11.0. The Balaban J connectivity index is 2.62. The Morgan fingerprint density at radius 2 is 1.88 bits per heavy atom. The number of H-pyrrole nitrogens is 2. The number of aromatic nitrogens is 2.